The summed E-state index contributed by atoms with van der Waals surface area (Å²) < 4.78 is 79.1. The second-order valence-corrected chi connectivity index (χ2v) is 9.82. The lowest BCUT2D eigenvalue weighted by atomic mass is 10.0. The molecule has 4 aromatic rings. The highest BCUT2D eigenvalue weighted by molar-refractivity contribution is 7.91. The van der Waals surface area contributed by atoms with Crippen LogP contribution in [0.25, 0.3) is 27.7 Å². The van der Waals surface area contributed by atoms with E-state index in [0.29, 0.717) is 16.7 Å². The van der Waals surface area contributed by atoms with Gasteiger partial charge >= 0.3 is 6.18 Å². The Labute approximate surface area is 191 Å². The third-order valence-corrected chi connectivity index (χ3v) is 7.09. The van der Waals surface area contributed by atoms with E-state index in [2.05, 4.69) is 10.1 Å². The molecule has 34 heavy (non-hydrogen) atoms. The summed E-state index contributed by atoms with van der Waals surface area (Å²) in [6, 6.07) is 7.92. The number of halogens is 4. The van der Waals surface area contributed by atoms with E-state index in [1.165, 1.54) is 37.4 Å². The fourth-order valence-electron chi connectivity index (χ4n) is 3.56. The van der Waals surface area contributed by atoms with E-state index in [1.807, 2.05) is 0 Å². The molecule has 176 valence electrons. The lowest BCUT2D eigenvalue weighted by Crippen LogP contribution is -2.24. The van der Waals surface area contributed by atoms with E-state index in [9.17, 15) is 30.8 Å². The molecule has 0 amide bonds. The van der Waals surface area contributed by atoms with Crippen molar-refractivity contribution in [3.05, 3.63) is 82.2 Å². The van der Waals surface area contributed by atoms with Crippen molar-refractivity contribution in [1.82, 2.24) is 14.8 Å². The fraction of sp³-hybridized carbons (Fsp3) is 0.174. The quantitative estimate of drug-likeness (QED) is 0.387. The number of rotatable bonds is 4. The van der Waals surface area contributed by atoms with Gasteiger partial charge in [0.2, 0.25) is 0 Å². The van der Waals surface area contributed by atoms with E-state index < -0.39 is 33.0 Å². The van der Waals surface area contributed by atoms with Gasteiger partial charge in [-0.2, -0.15) is 23.0 Å². The number of sulfone groups is 1. The van der Waals surface area contributed by atoms with Gasteiger partial charge in [-0.25, -0.2) is 17.8 Å². The van der Waals surface area contributed by atoms with Gasteiger partial charge in [-0.1, -0.05) is 13.0 Å². The molecule has 0 bridgehead atoms. The Morgan fingerprint density at radius 1 is 1.03 bits per heavy atom. The average molecular weight is 491 g/mol. The molecule has 2 heterocycles. The number of pyridine rings is 1. The molecule has 0 unspecified atom stereocenters. The van der Waals surface area contributed by atoms with Gasteiger partial charge in [0, 0.05) is 17.1 Å². The van der Waals surface area contributed by atoms with Crippen molar-refractivity contribution in [2.45, 2.75) is 24.9 Å². The van der Waals surface area contributed by atoms with Crippen LogP contribution in [-0.4, -0.2) is 28.9 Å². The molecule has 11 heteroatoms. The molecule has 0 N–H and O–H groups in total. The minimum atomic E-state index is -4.60. The van der Waals surface area contributed by atoms with Crippen LogP contribution in [0.3, 0.4) is 0 Å². The Bertz CT molecular complexity index is 1600. The normalized spacial score (nSPS) is 12.3. The zero-order valence-corrected chi connectivity index (χ0v) is 18.7. The van der Waals surface area contributed by atoms with Gasteiger partial charge < -0.3 is 0 Å². The van der Waals surface area contributed by atoms with Crippen molar-refractivity contribution in [3.63, 3.8) is 0 Å². The Morgan fingerprint density at radius 3 is 2.41 bits per heavy atom. The standard InChI is InChI=1S/C23H17F4N3O3S/c1-3-34(32,33)20-10-15(18-7-5-17(24)8-13(18)2)11-28-21(20)30-22(31)19-6-4-16(23(25,26)27)9-14(19)12-29-30/h4-12H,3H2,1-2H3. The van der Waals surface area contributed by atoms with Gasteiger partial charge in [-0.15, -0.1) is 0 Å². The summed E-state index contributed by atoms with van der Waals surface area (Å²) in [7, 11) is -3.91. The van der Waals surface area contributed by atoms with Crippen LogP contribution in [0.2, 0.25) is 0 Å². The molecule has 0 spiro atoms. The van der Waals surface area contributed by atoms with E-state index >= 15 is 0 Å². The zero-order valence-electron chi connectivity index (χ0n) is 17.9. The van der Waals surface area contributed by atoms with Crippen LogP contribution < -0.4 is 5.56 Å². The van der Waals surface area contributed by atoms with Crippen molar-refractivity contribution in [1.29, 1.82) is 0 Å². The second-order valence-electron chi connectivity index (χ2n) is 7.57. The third kappa shape index (κ3) is 4.18. The van der Waals surface area contributed by atoms with Gasteiger partial charge in [0.05, 0.1) is 22.9 Å². The summed E-state index contributed by atoms with van der Waals surface area (Å²) in [5.41, 5.74) is -0.276. The van der Waals surface area contributed by atoms with Crippen LogP contribution >= 0.6 is 0 Å². The lowest BCUT2D eigenvalue weighted by Gasteiger charge is -2.14. The van der Waals surface area contributed by atoms with Crippen LogP contribution in [0.15, 0.2) is 64.5 Å². The van der Waals surface area contributed by atoms with Crippen molar-refractivity contribution < 1.29 is 26.0 Å². The van der Waals surface area contributed by atoms with Crippen LogP contribution in [0.1, 0.15) is 18.1 Å². The first-order valence-electron chi connectivity index (χ1n) is 10.0. The Hall–Kier alpha value is -3.60. The summed E-state index contributed by atoms with van der Waals surface area (Å²) in [4.78, 5) is 16.9. The molecule has 2 aromatic carbocycles. The van der Waals surface area contributed by atoms with Gasteiger partial charge in [0.15, 0.2) is 15.7 Å². The highest BCUT2D eigenvalue weighted by atomic mass is 32.2. The first-order chi connectivity index (χ1) is 15.9. The summed E-state index contributed by atoms with van der Waals surface area (Å²) >= 11 is 0. The van der Waals surface area contributed by atoms with Crippen molar-refractivity contribution in [2.75, 3.05) is 5.75 Å². The fourth-order valence-corrected chi connectivity index (χ4v) is 4.59. The molecule has 0 aliphatic heterocycles. The molecule has 0 fully saturated rings. The van der Waals surface area contributed by atoms with Gasteiger partial charge in [-0.05, 0) is 54.4 Å². The molecule has 0 aliphatic rings. The monoisotopic (exact) mass is 491 g/mol. The second kappa shape index (κ2) is 8.32. The van der Waals surface area contributed by atoms with Crippen LogP contribution in [0.5, 0.6) is 0 Å². The van der Waals surface area contributed by atoms with Crippen LogP contribution in [0, 0.1) is 12.7 Å². The molecule has 0 saturated heterocycles. The smallest absolute Gasteiger partial charge is 0.267 e. The topological polar surface area (TPSA) is 81.9 Å². The van der Waals surface area contributed by atoms with E-state index in [4.69, 9.17) is 0 Å². The number of hydrogen-bond donors (Lipinski definition) is 0. The van der Waals surface area contributed by atoms with Crippen molar-refractivity contribution >= 4 is 20.6 Å². The van der Waals surface area contributed by atoms with E-state index in [-0.39, 0.29) is 27.2 Å². The Kier molecular flexibility index (Phi) is 5.76. The average Bonchev–Trinajstić information content (AvgIpc) is 2.78. The van der Waals surface area contributed by atoms with E-state index in [0.717, 1.165) is 29.1 Å². The predicted molar refractivity (Wildman–Crippen MR) is 118 cm³/mol. The predicted octanol–water partition coefficient (Wildman–Crippen LogP) is 4.71. The highest BCUT2D eigenvalue weighted by Gasteiger charge is 2.31. The molecule has 2 aromatic heterocycles. The zero-order chi connectivity index (χ0) is 24.8. The first kappa shape index (κ1) is 23.6. The number of hydrogen-bond acceptors (Lipinski definition) is 5. The maximum absolute atomic E-state index is 13.5. The highest BCUT2D eigenvalue weighted by Crippen LogP contribution is 2.31. The third-order valence-electron chi connectivity index (χ3n) is 5.36. The van der Waals surface area contributed by atoms with Crippen molar-refractivity contribution in [2.24, 2.45) is 0 Å². The summed E-state index contributed by atoms with van der Waals surface area (Å²) in [5, 5.41) is 3.77. The Balaban J connectivity index is 1.95. The number of fused-ring (bicyclic) bond motifs is 1. The summed E-state index contributed by atoms with van der Waals surface area (Å²) in [6.07, 6.45) is -2.22. The largest absolute Gasteiger partial charge is 0.416 e. The van der Waals surface area contributed by atoms with Gasteiger partial charge in [0.25, 0.3) is 5.56 Å². The van der Waals surface area contributed by atoms with Crippen LogP contribution in [-0.2, 0) is 16.0 Å². The summed E-state index contributed by atoms with van der Waals surface area (Å²) in [6.45, 7) is 3.08. The van der Waals surface area contributed by atoms with Gasteiger partial charge in [0.1, 0.15) is 10.7 Å². The molecule has 4 rings (SSSR count). The Morgan fingerprint density at radius 2 is 1.76 bits per heavy atom. The first-order valence-corrected chi connectivity index (χ1v) is 11.7. The SMILES string of the molecule is CCS(=O)(=O)c1cc(-c2ccc(F)cc2C)cnc1-n1ncc2cc(C(F)(F)F)ccc2c1=O. The molecule has 0 saturated carbocycles. The summed E-state index contributed by atoms with van der Waals surface area (Å²) in [5.74, 6) is -1.03. The minimum Gasteiger partial charge on any atom is -0.267 e. The maximum Gasteiger partial charge on any atom is 0.416 e. The number of aryl methyl sites for hydroxylation is 1. The number of alkyl halides is 3. The van der Waals surface area contributed by atoms with Gasteiger partial charge in [-0.3, -0.25) is 4.79 Å². The maximum atomic E-state index is 13.5. The van der Waals surface area contributed by atoms with E-state index in [1.54, 1.807) is 6.92 Å². The lowest BCUT2D eigenvalue weighted by molar-refractivity contribution is -0.137. The molecular formula is C23H17F4N3O3S. The molecule has 0 radical (unpaired) electrons. The number of aromatic nitrogens is 3. The molecular weight excluding hydrogens is 474 g/mol. The van der Waals surface area contributed by atoms with Crippen molar-refractivity contribution in [3.8, 4) is 16.9 Å². The molecule has 0 atom stereocenters. The minimum absolute atomic E-state index is 0.0467. The number of nitrogens with zero attached hydrogens (tertiary/aromatic N) is 3. The van der Waals surface area contributed by atoms with Crippen LogP contribution in [0.4, 0.5) is 17.6 Å². The molecule has 6 nitrogen and oxygen atoms in total. The molecule has 0 aliphatic carbocycles. The number of benzene rings is 2.